The molecule has 2 aromatic heterocycles. The van der Waals surface area contributed by atoms with Crippen LogP contribution in [0.5, 0.6) is 0 Å². The van der Waals surface area contributed by atoms with Gasteiger partial charge >= 0.3 is 6.09 Å². The Labute approximate surface area is 130 Å². The number of furan rings is 1. The van der Waals surface area contributed by atoms with Crippen molar-refractivity contribution in [2.24, 2.45) is 7.05 Å². The summed E-state index contributed by atoms with van der Waals surface area (Å²) in [6, 6.07) is 1.82. The van der Waals surface area contributed by atoms with Gasteiger partial charge in [0.15, 0.2) is 11.0 Å². The van der Waals surface area contributed by atoms with Crippen LogP contribution in [-0.4, -0.2) is 50.6 Å². The average molecular weight is 322 g/mol. The monoisotopic (exact) mass is 322 g/mol. The second-order valence-corrected chi connectivity index (χ2v) is 5.65. The third-order valence-electron chi connectivity index (χ3n) is 3.32. The summed E-state index contributed by atoms with van der Waals surface area (Å²) in [4.78, 5) is 24.4. The number of cyclic esters (lactones) is 1. The van der Waals surface area contributed by atoms with Crippen LogP contribution in [0.3, 0.4) is 0 Å². The van der Waals surface area contributed by atoms with Crippen LogP contribution >= 0.6 is 11.8 Å². The number of thioether (sulfide) groups is 1. The Morgan fingerprint density at radius 1 is 1.45 bits per heavy atom. The van der Waals surface area contributed by atoms with Gasteiger partial charge in [0.25, 0.3) is 0 Å². The van der Waals surface area contributed by atoms with Gasteiger partial charge in [0.2, 0.25) is 5.91 Å². The first-order valence-electron chi connectivity index (χ1n) is 6.61. The minimum absolute atomic E-state index is 0.103. The third kappa shape index (κ3) is 2.59. The second-order valence-electron chi connectivity index (χ2n) is 4.70. The van der Waals surface area contributed by atoms with E-state index in [0.29, 0.717) is 17.5 Å². The molecule has 22 heavy (non-hydrogen) atoms. The van der Waals surface area contributed by atoms with Crippen LogP contribution in [0.2, 0.25) is 0 Å². The molecule has 0 spiro atoms. The minimum atomic E-state index is -0.585. The van der Waals surface area contributed by atoms with E-state index in [9.17, 15) is 9.59 Å². The lowest BCUT2D eigenvalue weighted by atomic mass is 10.2. The molecule has 8 nitrogen and oxygen atoms in total. The number of aromatic nitrogens is 3. The molecule has 2 aromatic rings. The van der Waals surface area contributed by atoms with E-state index < -0.39 is 6.09 Å². The number of carbonyl (C=O) groups is 2. The quantitative estimate of drug-likeness (QED) is 0.787. The Bertz CT molecular complexity index is 723. The first-order chi connectivity index (χ1) is 10.6. The number of amides is 2. The van der Waals surface area contributed by atoms with Crippen LogP contribution in [0.15, 0.2) is 21.9 Å². The van der Waals surface area contributed by atoms with E-state index in [1.165, 1.54) is 11.8 Å². The number of aryl methyl sites for hydroxylation is 1. The molecule has 2 amide bonds. The highest BCUT2D eigenvalue weighted by Crippen LogP contribution is 2.26. The highest BCUT2D eigenvalue weighted by molar-refractivity contribution is 7.99. The summed E-state index contributed by atoms with van der Waals surface area (Å²) >= 11 is 1.23. The van der Waals surface area contributed by atoms with Crippen molar-refractivity contribution in [3.63, 3.8) is 0 Å². The fourth-order valence-electron chi connectivity index (χ4n) is 2.12. The predicted octanol–water partition coefficient (Wildman–Crippen LogP) is 1.45. The molecule has 9 heteroatoms. The van der Waals surface area contributed by atoms with Crippen LogP contribution in [-0.2, 0) is 16.6 Å². The highest BCUT2D eigenvalue weighted by atomic mass is 32.2. The number of nitrogens with zero attached hydrogens (tertiary/aromatic N) is 4. The smallest absolute Gasteiger partial charge is 0.416 e. The van der Waals surface area contributed by atoms with E-state index in [2.05, 4.69) is 10.2 Å². The van der Waals surface area contributed by atoms with Crippen molar-refractivity contribution in [2.75, 3.05) is 18.9 Å². The summed E-state index contributed by atoms with van der Waals surface area (Å²) < 4.78 is 11.8. The Kier molecular flexibility index (Phi) is 3.88. The summed E-state index contributed by atoms with van der Waals surface area (Å²) in [5.74, 6) is 1.23. The average Bonchev–Trinajstić information content (AvgIpc) is 3.18. The van der Waals surface area contributed by atoms with Gasteiger partial charge in [-0.25, -0.2) is 9.69 Å². The lowest BCUT2D eigenvalue weighted by Gasteiger charge is -2.09. The van der Waals surface area contributed by atoms with E-state index >= 15 is 0 Å². The predicted molar refractivity (Wildman–Crippen MR) is 77.2 cm³/mol. The number of imide groups is 1. The minimum Gasteiger partial charge on any atom is -0.469 e. The molecule has 3 rings (SSSR count). The SMILES string of the molecule is Cc1occc1-c1nnc(SCC(=O)N2CCOC2=O)n1C. The number of rotatable bonds is 4. The highest BCUT2D eigenvalue weighted by Gasteiger charge is 2.28. The zero-order valence-electron chi connectivity index (χ0n) is 12.1. The van der Waals surface area contributed by atoms with E-state index in [1.807, 2.05) is 20.0 Å². The van der Waals surface area contributed by atoms with Crippen LogP contribution in [0.4, 0.5) is 4.79 Å². The third-order valence-corrected chi connectivity index (χ3v) is 4.33. The van der Waals surface area contributed by atoms with Gasteiger partial charge in [-0.3, -0.25) is 4.79 Å². The van der Waals surface area contributed by atoms with Gasteiger partial charge in [-0.2, -0.15) is 0 Å². The van der Waals surface area contributed by atoms with E-state index in [4.69, 9.17) is 9.15 Å². The second kappa shape index (κ2) is 5.84. The van der Waals surface area contributed by atoms with Crippen molar-refractivity contribution >= 4 is 23.8 Å². The molecule has 1 aliphatic heterocycles. The molecule has 0 aliphatic carbocycles. The van der Waals surface area contributed by atoms with Crippen LogP contribution in [0, 0.1) is 6.92 Å². The number of ether oxygens (including phenoxy) is 1. The first kappa shape index (κ1) is 14.6. The molecule has 0 unspecified atom stereocenters. The van der Waals surface area contributed by atoms with Crippen molar-refractivity contribution < 1.29 is 18.7 Å². The Morgan fingerprint density at radius 2 is 2.27 bits per heavy atom. The maximum absolute atomic E-state index is 12.0. The lowest BCUT2D eigenvalue weighted by molar-refractivity contribution is -0.125. The Morgan fingerprint density at radius 3 is 2.91 bits per heavy atom. The number of hydrogen-bond acceptors (Lipinski definition) is 7. The molecule has 0 atom stereocenters. The molecular formula is C13H14N4O4S. The van der Waals surface area contributed by atoms with Gasteiger partial charge < -0.3 is 13.7 Å². The van der Waals surface area contributed by atoms with Crippen molar-refractivity contribution in [1.82, 2.24) is 19.7 Å². The molecule has 3 heterocycles. The standard InChI is InChI=1S/C13H14N4O4S/c1-8-9(3-5-20-8)11-14-15-12(16(11)2)22-7-10(18)17-4-6-21-13(17)19/h3,5H,4,6-7H2,1-2H3. The lowest BCUT2D eigenvalue weighted by Crippen LogP contribution is -2.33. The van der Waals surface area contributed by atoms with Crippen LogP contribution in [0.1, 0.15) is 5.76 Å². The topological polar surface area (TPSA) is 90.5 Å². The van der Waals surface area contributed by atoms with Gasteiger partial charge in [-0.05, 0) is 13.0 Å². The fourth-order valence-corrected chi connectivity index (χ4v) is 2.90. The molecule has 1 saturated heterocycles. The zero-order chi connectivity index (χ0) is 15.7. The molecule has 0 N–H and O–H groups in total. The van der Waals surface area contributed by atoms with Gasteiger partial charge in [-0.1, -0.05) is 11.8 Å². The van der Waals surface area contributed by atoms with E-state index in [0.717, 1.165) is 16.2 Å². The molecule has 0 aromatic carbocycles. The van der Waals surface area contributed by atoms with Crippen molar-refractivity contribution in [3.05, 3.63) is 18.1 Å². The van der Waals surface area contributed by atoms with Gasteiger partial charge in [0.05, 0.1) is 24.1 Å². The fraction of sp³-hybridized carbons (Fsp3) is 0.385. The summed E-state index contributed by atoms with van der Waals surface area (Å²) in [5, 5.41) is 8.80. The summed E-state index contributed by atoms with van der Waals surface area (Å²) in [5.41, 5.74) is 0.858. The maximum Gasteiger partial charge on any atom is 0.416 e. The first-order valence-corrected chi connectivity index (χ1v) is 7.60. The normalized spacial score (nSPS) is 14.5. The van der Waals surface area contributed by atoms with Crippen LogP contribution < -0.4 is 0 Å². The molecular weight excluding hydrogens is 308 g/mol. The van der Waals surface area contributed by atoms with E-state index in [1.54, 1.807) is 10.8 Å². The summed E-state index contributed by atoms with van der Waals surface area (Å²) in [6.07, 6.45) is 1.01. The molecule has 1 aliphatic rings. The molecule has 0 radical (unpaired) electrons. The van der Waals surface area contributed by atoms with Gasteiger partial charge in [-0.15, -0.1) is 10.2 Å². The molecule has 0 saturated carbocycles. The summed E-state index contributed by atoms with van der Waals surface area (Å²) in [7, 11) is 1.82. The zero-order valence-corrected chi connectivity index (χ0v) is 12.9. The van der Waals surface area contributed by atoms with Crippen molar-refractivity contribution in [3.8, 4) is 11.4 Å². The molecule has 1 fully saturated rings. The molecule has 0 bridgehead atoms. The Hall–Kier alpha value is -2.29. The van der Waals surface area contributed by atoms with Gasteiger partial charge in [0.1, 0.15) is 12.4 Å². The van der Waals surface area contributed by atoms with Crippen LogP contribution in [0.25, 0.3) is 11.4 Å². The Balaban J connectivity index is 1.69. The van der Waals surface area contributed by atoms with Crippen molar-refractivity contribution in [2.45, 2.75) is 12.1 Å². The number of hydrogen-bond donors (Lipinski definition) is 0. The van der Waals surface area contributed by atoms with Crippen molar-refractivity contribution in [1.29, 1.82) is 0 Å². The number of carbonyl (C=O) groups excluding carboxylic acids is 2. The summed E-state index contributed by atoms with van der Waals surface area (Å²) in [6.45, 7) is 2.40. The largest absolute Gasteiger partial charge is 0.469 e. The van der Waals surface area contributed by atoms with E-state index in [-0.39, 0.29) is 18.3 Å². The maximum atomic E-state index is 12.0. The van der Waals surface area contributed by atoms with Gasteiger partial charge in [0, 0.05) is 7.05 Å². The molecule has 116 valence electrons.